The summed E-state index contributed by atoms with van der Waals surface area (Å²) in [5, 5.41) is 7.87. The van der Waals surface area contributed by atoms with E-state index in [0.717, 1.165) is 58.3 Å². The molecule has 33 heavy (non-hydrogen) atoms. The quantitative estimate of drug-likeness (QED) is 0.419. The Labute approximate surface area is 193 Å². The number of hydrogen-bond donors (Lipinski definition) is 1. The first-order valence-corrected chi connectivity index (χ1v) is 11.1. The normalized spacial score (nSPS) is 13.3. The highest BCUT2D eigenvalue weighted by atomic mass is 16.5. The van der Waals surface area contributed by atoms with Gasteiger partial charge in [-0.1, -0.05) is 0 Å². The van der Waals surface area contributed by atoms with Crippen molar-refractivity contribution in [3.05, 3.63) is 55.0 Å². The fourth-order valence-corrected chi connectivity index (χ4v) is 3.88. The number of fused-ring (bicyclic) bond motifs is 1. The van der Waals surface area contributed by atoms with Gasteiger partial charge in [0.25, 0.3) is 0 Å². The Bertz CT molecular complexity index is 1240. The molecule has 1 aliphatic rings. The molecule has 0 spiro atoms. The Hall–Kier alpha value is -3.65. The molecular formula is C25H28N6O2. The van der Waals surface area contributed by atoms with Gasteiger partial charge in [0, 0.05) is 67.5 Å². The lowest BCUT2D eigenvalue weighted by atomic mass is 10.2. The maximum atomic E-state index is 5.52. The summed E-state index contributed by atoms with van der Waals surface area (Å²) >= 11 is 0. The van der Waals surface area contributed by atoms with Crippen LogP contribution in [0.25, 0.3) is 22.3 Å². The van der Waals surface area contributed by atoms with E-state index in [1.807, 2.05) is 37.5 Å². The molecule has 1 saturated carbocycles. The van der Waals surface area contributed by atoms with Gasteiger partial charge >= 0.3 is 0 Å². The molecule has 0 saturated heterocycles. The maximum absolute atomic E-state index is 5.52. The molecule has 2 heterocycles. The Morgan fingerprint density at radius 3 is 2.45 bits per heavy atom. The van der Waals surface area contributed by atoms with Crippen LogP contribution >= 0.6 is 0 Å². The number of ether oxygens (including phenoxy) is 2. The monoisotopic (exact) mass is 444 g/mol. The topological polar surface area (TPSA) is 77.3 Å². The molecule has 0 amide bonds. The minimum Gasteiger partial charge on any atom is -0.497 e. The standard InChI is InChI=1S/C25H28N6O2/c1-30-16-17(14-28-30)25-15-27-23-7-6-19(12-24(23)29-25)31(9-8-26-18-4-5-18)20-10-21(32-2)13-22(11-20)33-3/h6-7,10-16,18,26H,4-5,8-9H2,1-3H3. The molecule has 8 nitrogen and oxygen atoms in total. The summed E-state index contributed by atoms with van der Waals surface area (Å²) < 4.78 is 12.8. The van der Waals surface area contributed by atoms with Crippen LogP contribution in [0.4, 0.5) is 11.4 Å². The Morgan fingerprint density at radius 1 is 1.00 bits per heavy atom. The van der Waals surface area contributed by atoms with Crippen LogP contribution in [0.5, 0.6) is 11.5 Å². The summed E-state index contributed by atoms with van der Waals surface area (Å²) in [5.41, 5.74) is 5.47. The van der Waals surface area contributed by atoms with E-state index in [-0.39, 0.29) is 0 Å². The van der Waals surface area contributed by atoms with Gasteiger partial charge in [-0.3, -0.25) is 9.67 Å². The van der Waals surface area contributed by atoms with Gasteiger partial charge in [0.05, 0.1) is 43.3 Å². The van der Waals surface area contributed by atoms with Gasteiger partial charge in [-0.05, 0) is 31.0 Å². The summed E-state index contributed by atoms with van der Waals surface area (Å²) in [6, 6.07) is 12.8. The van der Waals surface area contributed by atoms with E-state index in [1.54, 1.807) is 31.3 Å². The number of nitrogens with one attached hydrogen (secondary N) is 1. The summed E-state index contributed by atoms with van der Waals surface area (Å²) in [6.45, 7) is 1.68. The molecule has 2 aromatic heterocycles. The molecule has 1 fully saturated rings. The Balaban J connectivity index is 1.53. The van der Waals surface area contributed by atoms with Crippen LogP contribution in [0, 0.1) is 0 Å². The number of methoxy groups -OCH3 is 2. The zero-order valence-corrected chi connectivity index (χ0v) is 19.2. The fraction of sp³-hybridized carbons (Fsp3) is 0.320. The van der Waals surface area contributed by atoms with Crippen molar-refractivity contribution in [2.24, 2.45) is 7.05 Å². The zero-order valence-electron chi connectivity index (χ0n) is 19.2. The molecular weight excluding hydrogens is 416 g/mol. The number of benzene rings is 2. The summed E-state index contributed by atoms with van der Waals surface area (Å²) in [7, 11) is 5.23. The van der Waals surface area contributed by atoms with Crippen LogP contribution in [0.15, 0.2) is 55.0 Å². The summed E-state index contributed by atoms with van der Waals surface area (Å²) in [6.07, 6.45) is 8.06. The first-order chi connectivity index (χ1) is 16.1. The van der Waals surface area contributed by atoms with Gasteiger partial charge in [0.1, 0.15) is 11.5 Å². The van der Waals surface area contributed by atoms with Crippen LogP contribution in [-0.2, 0) is 7.05 Å². The van der Waals surface area contributed by atoms with Gasteiger partial charge in [0.2, 0.25) is 0 Å². The molecule has 4 aromatic rings. The number of rotatable bonds is 9. The van der Waals surface area contributed by atoms with Gasteiger partial charge in [-0.25, -0.2) is 4.98 Å². The van der Waals surface area contributed by atoms with Gasteiger partial charge in [-0.15, -0.1) is 0 Å². The first-order valence-electron chi connectivity index (χ1n) is 11.1. The maximum Gasteiger partial charge on any atom is 0.124 e. The fourth-order valence-electron chi connectivity index (χ4n) is 3.88. The van der Waals surface area contributed by atoms with E-state index >= 15 is 0 Å². The number of nitrogens with zero attached hydrogens (tertiary/aromatic N) is 5. The molecule has 1 aliphatic carbocycles. The lowest BCUT2D eigenvalue weighted by Gasteiger charge is -2.26. The van der Waals surface area contributed by atoms with Crippen LogP contribution < -0.4 is 19.7 Å². The lowest BCUT2D eigenvalue weighted by molar-refractivity contribution is 0.394. The molecule has 1 N–H and O–H groups in total. The predicted molar refractivity (Wildman–Crippen MR) is 129 cm³/mol. The highest BCUT2D eigenvalue weighted by Crippen LogP contribution is 2.34. The lowest BCUT2D eigenvalue weighted by Crippen LogP contribution is -2.30. The van der Waals surface area contributed by atoms with Gasteiger partial charge in [-0.2, -0.15) is 5.10 Å². The van der Waals surface area contributed by atoms with Crippen molar-refractivity contribution in [3.8, 4) is 22.8 Å². The minimum atomic E-state index is 0.649. The number of anilines is 2. The molecule has 2 aromatic carbocycles. The van der Waals surface area contributed by atoms with E-state index < -0.39 is 0 Å². The Morgan fingerprint density at radius 2 is 1.79 bits per heavy atom. The van der Waals surface area contributed by atoms with Crippen molar-refractivity contribution in [1.82, 2.24) is 25.1 Å². The van der Waals surface area contributed by atoms with Crippen molar-refractivity contribution >= 4 is 22.4 Å². The number of hydrogen-bond acceptors (Lipinski definition) is 7. The van der Waals surface area contributed by atoms with Crippen LogP contribution in [0.2, 0.25) is 0 Å². The van der Waals surface area contributed by atoms with Crippen LogP contribution in [0.1, 0.15) is 12.8 Å². The van der Waals surface area contributed by atoms with Crippen LogP contribution in [-0.4, -0.2) is 53.1 Å². The molecule has 170 valence electrons. The third-order valence-electron chi connectivity index (χ3n) is 5.83. The minimum absolute atomic E-state index is 0.649. The van der Waals surface area contributed by atoms with Crippen molar-refractivity contribution in [1.29, 1.82) is 0 Å². The summed E-state index contributed by atoms with van der Waals surface area (Å²) in [5.74, 6) is 1.51. The van der Waals surface area contributed by atoms with Crippen molar-refractivity contribution in [2.45, 2.75) is 18.9 Å². The second-order valence-electron chi connectivity index (χ2n) is 8.28. The largest absolute Gasteiger partial charge is 0.497 e. The van der Waals surface area contributed by atoms with E-state index in [1.165, 1.54) is 12.8 Å². The highest BCUT2D eigenvalue weighted by Gasteiger charge is 2.21. The molecule has 0 radical (unpaired) electrons. The molecule has 0 bridgehead atoms. The number of aryl methyl sites for hydroxylation is 1. The van der Waals surface area contributed by atoms with Crippen molar-refractivity contribution < 1.29 is 9.47 Å². The highest BCUT2D eigenvalue weighted by molar-refractivity contribution is 5.82. The van der Waals surface area contributed by atoms with E-state index in [0.29, 0.717) is 6.04 Å². The molecule has 0 unspecified atom stereocenters. The molecule has 0 aliphatic heterocycles. The van der Waals surface area contributed by atoms with Gasteiger partial charge in [0.15, 0.2) is 0 Å². The smallest absolute Gasteiger partial charge is 0.124 e. The van der Waals surface area contributed by atoms with E-state index in [4.69, 9.17) is 14.5 Å². The third kappa shape index (κ3) is 4.75. The average molecular weight is 445 g/mol. The summed E-state index contributed by atoms with van der Waals surface area (Å²) in [4.78, 5) is 11.8. The molecule has 8 heteroatoms. The zero-order chi connectivity index (χ0) is 22.8. The number of aromatic nitrogens is 4. The second kappa shape index (κ2) is 9.07. The predicted octanol–water partition coefficient (Wildman–Crippen LogP) is 3.94. The Kier molecular flexibility index (Phi) is 5.83. The van der Waals surface area contributed by atoms with Gasteiger partial charge < -0.3 is 19.7 Å². The van der Waals surface area contributed by atoms with Crippen molar-refractivity contribution in [2.75, 3.05) is 32.2 Å². The average Bonchev–Trinajstić information content (AvgIpc) is 3.58. The second-order valence-corrected chi connectivity index (χ2v) is 8.28. The molecule has 5 rings (SSSR count). The first kappa shape index (κ1) is 21.2. The van der Waals surface area contributed by atoms with Crippen molar-refractivity contribution in [3.63, 3.8) is 0 Å². The third-order valence-corrected chi connectivity index (χ3v) is 5.83. The van der Waals surface area contributed by atoms with E-state index in [2.05, 4.69) is 32.4 Å². The van der Waals surface area contributed by atoms with Crippen LogP contribution in [0.3, 0.4) is 0 Å². The van der Waals surface area contributed by atoms with E-state index in [9.17, 15) is 0 Å². The SMILES string of the molecule is COc1cc(OC)cc(N(CCNC2CC2)c2ccc3ncc(-c4cnn(C)c4)nc3c2)c1. The molecule has 0 atom stereocenters.